The van der Waals surface area contributed by atoms with Crippen LogP contribution in [0.15, 0.2) is 47.1 Å². The van der Waals surface area contributed by atoms with Gasteiger partial charge in [-0.05, 0) is 18.2 Å². The first-order chi connectivity index (χ1) is 9.56. The van der Waals surface area contributed by atoms with E-state index in [9.17, 15) is 14.9 Å². The average Bonchev–Trinajstić information content (AvgIpc) is 2.91. The van der Waals surface area contributed by atoms with Crippen molar-refractivity contribution in [3.8, 4) is 0 Å². The maximum Gasteiger partial charge on any atom is 0.321 e. The molecule has 2 aromatic rings. The molecular formula is C13H13N3O4. The number of carbonyl (C=O) groups is 1. The molecule has 2 amide bonds. The quantitative estimate of drug-likeness (QED) is 0.686. The normalized spacial score (nSPS) is 10.1. The van der Waals surface area contributed by atoms with Gasteiger partial charge in [0.25, 0.3) is 5.69 Å². The van der Waals surface area contributed by atoms with Crippen molar-refractivity contribution in [3.05, 3.63) is 58.5 Å². The van der Waals surface area contributed by atoms with Gasteiger partial charge in [0, 0.05) is 24.9 Å². The molecule has 0 aliphatic rings. The molecule has 1 N–H and O–H groups in total. The summed E-state index contributed by atoms with van der Waals surface area (Å²) in [5.74, 6) is 0.654. The third kappa shape index (κ3) is 3.35. The number of benzene rings is 1. The Balaban J connectivity index is 2.00. The fourth-order valence-corrected chi connectivity index (χ4v) is 1.62. The first kappa shape index (κ1) is 13.6. The largest absolute Gasteiger partial charge is 0.467 e. The Hall–Kier alpha value is -2.83. The van der Waals surface area contributed by atoms with Crippen molar-refractivity contribution in [1.29, 1.82) is 0 Å². The number of rotatable bonds is 4. The number of hydrogen-bond donors (Lipinski definition) is 1. The third-order valence-corrected chi connectivity index (χ3v) is 2.63. The number of furan rings is 1. The maximum atomic E-state index is 11.9. The SMILES string of the molecule is CN(Cc1ccco1)C(=O)Nc1cccc([N+](=O)[O-])c1. The van der Waals surface area contributed by atoms with Crippen molar-refractivity contribution in [2.45, 2.75) is 6.54 Å². The van der Waals surface area contributed by atoms with E-state index in [1.165, 1.54) is 29.4 Å². The summed E-state index contributed by atoms with van der Waals surface area (Å²) in [6.07, 6.45) is 1.53. The molecular weight excluding hydrogens is 262 g/mol. The summed E-state index contributed by atoms with van der Waals surface area (Å²) in [7, 11) is 1.61. The number of amides is 2. The van der Waals surface area contributed by atoms with Crippen LogP contribution in [0.3, 0.4) is 0 Å². The topological polar surface area (TPSA) is 88.6 Å². The van der Waals surface area contributed by atoms with Gasteiger partial charge >= 0.3 is 6.03 Å². The van der Waals surface area contributed by atoms with E-state index in [-0.39, 0.29) is 11.7 Å². The number of nitro benzene ring substituents is 1. The van der Waals surface area contributed by atoms with Crippen LogP contribution in [-0.2, 0) is 6.54 Å². The summed E-state index contributed by atoms with van der Waals surface area (Å²) in [4.78, 5) is 23.5. The molecule has 1 aromatic carbocycles. The van der Waals surface area contributed by atoms with Crippen molar-refractivity contribution in [2.24, 2.45) is 0 Å². The Labute approximate surface area is 115 Å². The van der Waals surface area contributed by atoms with Crippen LogP contribution in [0.1, 0.15) is 5.76 Å². The van der Waals surface area contributed by atoms with Gasteiger partial charge in [0.15, 0.2) is 0 Å². The standard InChI is InChI=1S/C13H13N3O4/c1-15(9-12-6-3-7-20-12)13(17)14-10-4-2-5-11(8-10)16(18)19/h2-8H,9H2,1H3,(H,14,17). The number of non-ortho nitro benzene ring substituents is 1. The number of hydrogen-bond acceptors (Lipinski definition) is 4. The molecule has 7 heteroatoms. The van der Waals surface area contributed by atoms with E-state index in [0.29, 0.717) is 18.0 Å². The zero-order chi connectivity index (χ0) is 14.5. The van der Waals surface area contributed by atoms with Gasteiger partial charge in [0.05, 0.1) is 17.7 Å². The first-order valence-electron chi connectivity index (χ1n) is 5.85. The van der Waals surface area contributed by atoms with Gasteiger partial charge in [-0.1, -0.05) is 6.07 Å². The fraction of sp³-hybridized carbons (Fsp3) is 0.154. The highest BCUT2D eigenvalue weighted by atomic mass is 16.6. The van der Waals surface area contributed by atoms with E-state index in [2.05, 4.69) is 5.32 Å². The van der Waals surface area contributed by atoms with Crippen LogP contribution in [0.2, 0.25) is 0 Å². The van der Waals surface area contributed by atoms with Crippen molar-refractivity contribution in [3.63, 3.8) is 0 Å². The molecule has 0 spiro atoms. The number of carbonyl (C=O) groups excluding carboxylic acids is 1. The molecule has 0 unspecified atom stereocenters. The zero-order valence-electron chi connectivity index (χ0n) is 10.8. The highest BCUT2D eigenvalue weighted by molar-refractivity contribution is 5.89. The van der Waals surface area contributed by atoms with E-state index in [1.54, 1.807) is 25.2 Å². The minimum atomic E-state index is -0.512. The molecule has 1 heterocycles. The molecule has 1 aromatic heterocycles. The van der Waals surface area contributed by atoms with Gasteiger partial charge in [-0.15, -0.1) is 0 Å². The Kier molecular flexibility index (Phi) is 3.99. The Morgan fingerprint density at radius 2 is 2.20 bits per heavy atom. The van der Waals surface area contributed by atoms with Crippen molar-refractivity contribution >= 4 is 17.4 Å². The van der Waals surface area contributed by atoms with Gasteiger partial charge in [-0.2, -0.15) is 0 Å². The minimum absolute atomic E-state index is 0.0727. The van der Waals surface area contributed by atoms with E-state index in [0.717, 1.165) is 0 Å². The summed E-state index contributed by atoms with van der Waals surface area (Å²) in [5.41, 5.74) is 0.298. The second-order valence-corrected chi connectivity index (χ2v) is 4.17. The van der Waals surface area contributed by atoms with E-state index < -0.39 is 4.92 Å². The highest BCUT2D eigenvalue weighted by Gasteiger charge is 2.12. The van der Waals surface area contributed by atoms with Gasteiger partial charge in [0.2, 0.25) is 0 Å². The monoisotopic (exact) mass is 275 g/mol. The molecule has 0 aliphatic carbocycles. The first-order valence-corrected chi connectivity index (χ1v) is 5.85. The van der Waals surface area contributed by atoms with Gasteiger partial charge < -0.3 is 14.6 Å². The second kappa shape index (κ2) is 5.87. The predicted octanol–water partition coefficient (Wildman–Crippen LogP) is 2.85. The van der Waals surface area contributed by atoms with Crippen LogP contribution in [0.25, 0.3) is 0 Å². The summed E-state index contributed by atoms with van der Waals surface area (Å²) < 4.78 is 5.14. The molecule has 0 bridgehead atoms. The predicted molar refractivity (Wildman–Crippen MR) is 72.3 cm³/mol. The molecule has 2 rings (SSSR count). The molecule has 20 heavy (non-hydrogen) atoms. The molecule has 104 valence electrons. The van der Waals surface area contributed by atoms with Crippen molar-refractivity contribution in [2.75, 3.05) is 12.4 Å². The van der Waals surface area contributed by atoms with Crippen LogP contribution in [-0.4, -0.2) is 22.9 Å². The Bertz CT molecular complexity index is 610. The number of urea groups is 1. The van der Waals surface area contributed by atoms with Crippen LogP contribution >= 0.6 is 0 Å². The molecule has 7 nitrogen and oxygen atoms in total. The maximum absolute atomic E-state index is 11.9. The van der Waals surface area contributed by atoms with Crippen LogP contribution < -0.4 is 5.32 Å². The number of nitrogens with one attached hydrogen (secondary N) is 1. The fourth-order valence-electron chi connectivity index (χ4n) is 1.62. The lowest BCUT2D eigenvalue weighted by Gasteiger charge is -2.16. The highest BCUT2D eigenvalue weighted by Crippen LogP contribution is 2.17. The summed E-state index contributed by atoms with van der Waals surface area (Å²) in [6, 6.07) is 8.90. The average molecular weight is 275 g/mol. The number of anilines is 1. The summed E-state index contributed by atoms with van der Waals surface area (Å²) >= 11 is 0. The summed E-state index contributed by atoms with van der Waals surface area (Å²) in [6.45, 7) is 0.313. The molecule has 0 saturated carbocycles. The smallest absolute Gasteiger partial charge is 0.321 e. The van der Waals surface area contributed by atoms with Gasteiger partial charge in [-0.3, -0.25) is 10.1 Å². The molecule has 0 saturated heterocycles. The van der Waals surface area contributed by atoms with Crippen molar-refractivity contribution in [1.82, 2.24) is 4.90 Å². The van der Waals surface area contributed by atoms with Gasteiger partial charge in [0.1, 0.15) is 5.76 Å². The van der Waals surface area contributed by atoms with Gasteiger partial charge in [-0.25, -0.2) is 4.79 Å². The molecule has 0 radical (unpaired) electrons. The Morgan fingerprint density at radius 3 is 2.85 bits per heavy atom. The lowest BCUT2D eigenvalue weighted by Crippen LogP contribution is -2.30. The van der Waals surface area contributed by atoms with E-state index in [1.807, 2.05) is 0 Å². The molecule has 0 aliphatic heterocycles. The number of nitrogens with zero attached hydrogens (tertiary/aromatic N) is 2. The van der Waals surface area contributed by atoms with E-state index in [4.69, 9.17) is 4.42 Å². The van der Waals surface area contributed by atoms with Crippen molar-refractivity contribution < 1.29 is 14.1 Å². The lowest BCUT2D eigenvalue weighted by atomic mass is 10.3. The van der Waals surface area contributed by atoms with E-state index >= 15 is 0 Å². The zero-order valence-corrected chi connectivity index (χ0v) is 10.8. The van der Waals surface area contributed by atoms with Crippen LogP contribution in [0.4, 0.5) is 16.2 Å². The summed E-state index contributed by atoms with van der Waals surface area (Å²) in [5, 5.41) is 13.2. The third-order valence-electron chi connectivity index (χ3n) is 2.63. The number of nitro groups is 1. The van der Waals surface area contributed by atoms with Crippen LogP contribution in [0.5, 0.6) is 0 Å². The second-order valence-electron chi connectivity index (χ2n) is 4.17. The molecule has 0 atom stereocenters. The lowest BCUT2D eigenvalue weighted by molar-refractivity contribution is -0.384. The molecule has 0 fully saturated rings. The Morgan fingerprint density at radius 1 is 1.40 bits per heavy atom. The van der Waals surface area contributed by atoms with Crippen LogP contribution in [0, 0.1) is 10.1 Å². The minimum Gasteiger partial charge on any atom is -0.467 e.